The zero-order valence-electron chi connectivity index (χ0n) is 6.69. The lowest BCUT2D eigenvalue weighted by Gasteiger charge is -2.01. The summed E-state index contributed by atoms with van der Waals surface area (Å²) in [7, 11) is -2.50. The SMILES string of the molecule is Cn1cc(Br)cc(S(N)(=O)=O)c1=O. The Morgan fingerprint density at radius 1 is 1.54 bits per heavy atom. The molecule has 0 saturated heterocycles. The van der Waals surface area contributed by atoms with Crippen molar-refractivity contribution in [2.45, 2.75) is 4.90 Å². The highest BCUT2D eigenvalue weighted by Gasteiger charge is 2.14. The van der Waals surface area contributed by atoms with Crippen molar-refractivity contribution in [1.82, 2.24) is 4.57 Å². The molecule has 72 valence electrons. The molecule has 1 aromatic heterocycles. The summed E-state index contributed by atoms with van der Waals surface area (Å²) in [4.78, 5) is 10.8. The Morgan fingerprint density at radius 3 is 2.54 bits per heavy atom. The number of pyridine rings is 1. The first kappa shape index (κ1) is 10.4. The minimum absolute atomic E-state index is 0.413. The molecule has 0 unspecified atom stereocenters. The first-order valence-electron chi connectivity index (χ1n) is 3.21. The molecule has 1 rings (SSSR count). The van der Waals surface area contributed by atoms with Crippen LogP contribution in [0.3, 0.4) is 0 Å². The fourth-order valence-electron chi connectivity index (χ4n) is 0.846. The van der Waals surface area contributed by atoms with Crippen LogP contribution in [0.2, 0.25) is 0 Å². The molecule has 0 aliphatic carbocycles. The van der Waals surface area contributed by atoms with Crippen LogP contribution in [0.15, 0.2) is 26.4 Å². The van der Waals surface area contributed by atoms with Crippen molar-refractivity contribution in [3.63, 3.8) is 0 Å². The number of aryl methyl sites for hydroxylation is 1. The summed E-state index contributed by atoms with van der Waals surface area (Å²) >= 11 is 3.06. The van der Waals surface area contributed by atoms with Gasteiger partial charge in [-0.1, -0.05) is 0 Å². The Morgan fingerprint density at radius 2 is 2.08 bits per heavy atom. The van der Waals surface area contributed by atoms with Crippen molar-refractivity contribution < 1.29 is 8.42 Å². The molecule has 0 bridgehead atoms. The number of hydrogen-bond donors (Lipinski definition) is 1. The minimum Gasteiger partial charge on any atom is -0.316 e. The summed E-state index contributed by atoms with van der Waals surface area (Å²) in [5.41, 5.74) is -0.634. The average Bonchev–Trinajstić information content (AvgIpc) is 1.94. The predicted octanol–water partition coefficient (Wildman–Crippen LogP) is -0.205. The van der Waals surface area contributed by atoms with Crippen LogP contribution in [0.4, 0.5) is 0 Å². The highest BCUT2D eigenvalue weighted by atomic mass is 79.9. The summed E-state index contributed by atoms with van der Waals surface area (Å²) in [5.74, 6) is 0. The standard InChI is InChI=1S/C6H7BrN2O3S/c1-9-3-4(7)2-5(6(9)10)13(8,11)12/h2-3H,1H3,(H2,8,11,12). The lowest BCUT2D eigenvalue weighted by molar-refractivity contribution is 0.594. The maximum atomic E-state index is 11.3. The van der Waals surface area contributed by atoms with Crippen LogP contribution >= 0.6 is 15.9 Å². The van der Waals surface area contributed by atoms with E-state index in [1.165, 1.54) is 19.3 Å². The Balaban J connectivity index is 3.66. The molecular formula is C6H7BrN2O3S. The van der Waals surface area contributed by atoms with E-state index in [1.54, 1.807) is 0 Å². The van der Waals surface area contributed by atoms with Gasteiger partial charge < -0.3 is 4.57 Å². The zero-order chi connectivity index (χ0) is 10.2. The maximum Gasteiger partial charge on any atom is 0.270 e. The minimum atomic E-state index is -3.94. The summed E-state index contributed by atoms with van der Waals surface area (Å²) in [6.07, 6.45) is 1.46. The molecule has 7 heteroatoms. The van der Waals surface area contributed by atoms with Gasteiger partial charge in [-0.25, -0.2) is 13.6 Å². The van der Waals surface area contributed by atoms with Gasteiger partial charge in [-0.15, -0.1) is 0 Å². The van der Waals surface area contributed by atoms with Gasteiger partial charge in [0.2, 0.25) is 10.0 Å². The van der Waals surface area contributed by atoms with E-state index in [4.69, 9.17) is 5.14 Å². The van der Waals surface area contributed by atoms with Gasteiger partial charge in [0, 0.05) is 17.7 Å². The van der Waals surface area contributed by atoms with Crippen LogP contribution in [0.1, 0.15) is 0 Å². The lowest BCUT2D eigenvalue weighted by atomic mass is 10.5. The van der Waals surface area contributed by atoms with Gasteiger partial charge in [-0.3, -0.25) is 4.79 Å². The molecule has 2 N–H and O–H groups in total. The highest BCUT2D eigenvalue weighted by Crippen LogP contribution is 2.10. The third-order valence-corrected chi connectivity index (χ3v) is 2.76. The zero-order valence-corrected chi connectivity index (χ0v) is 9.09. The van der Waals surface area contributed by atoms with E-state index in [9.17, 15) is 13.2 Å². The average molecular weight is 267 g/mol. The molecule has 1 heterocycles. The molecule has 0 amide bonds. The number of nitrogens with zero attached hydrogens (tertiary/aromatic N) is 1. The van der Waals surface area contributed by atoms with Gasteiger partial charge in [-0.2, -0.15) is 0 Å². The van der Waals surface area contributed by atoms with Crippen molar-refractivity contribution >= 4 is 26.0 Å². The van der Waals surface area contributed by atoms with E-state index < -0.39 is 20.5 Å². The second kappa shape index (κ2) is 3.24. The lowest BCUT2D eigenvalue weighted by Crippen LogP contribution is -2.27. The quantitative estimate of drug-likeness (QED) is 0.764. The van der Waals surface area contributed by atoms with Crippen molar-refractivity contribution in [1.29, 1.82) is 0 Å². The van der Waals surface area contributed by atoms with Crippen LogP contribution in [-0.2, 0) is 17.1 Å². The second-order valence-corrected chi connectivity index (χ2v) is 4.93. The molecule has 13 heavy (non-hydrogen) atoms. The summed E-state index contributed by atoms with van der Waals surface area (Å²) < 4.78 is 23.4. The fraction of sp³-hybridized carbons (Fsp3) is 0.167. The maximum absolute atomic E-state index is 11.3. The molecule has 0 aliphatic rings. The molecule has 0 aliphatic heterocycles. The van der Waals surface area contributed by atoms with Crippen LogP contribution in [0.5, 0.6) is 0 Å². The number of aromatic nitrogens is 1. The summed E-state index contributed by atoms with van der Waals surface area (Å²) in [6, 6.07) is 1.18. The van der Waals surface area contributed by atoms with Crippen molar-refractivity contribution in [2.24, 2.45) is 12.2 Å². The Kier molecular flexibility index (Phi) is 2.60. The molecule has 0 spiro atoms. The first-order chi connectivity index (χ1) is 5.82. The molecule has 0 aromatic carbocycles. The number of nitrogens with two attached hydrogens (primary N) is 1. The summed E-state index contributed by atoms with van der Waals surface area (Å²) in [5, 5.41) is 4.83. The number of primary sulfonamides is 1. The van der Waals surface area contributed by atoms with Gasteiger partial charge in [-0.05, 0) is 22.0 Å². The van der Waals surface area contributed by atoms with Gasteiger partial charge in [0.15, 0.2) is 0 Å². The van der Waals surface area contributed by atoms with Crippen LogP contribution < -0.4 is 10.7 Å². The second-order valence-electron chi connectivity index (χ2n) is 2.48. The molecular weight excluding hydrogens is 260 g/mol. The van der Waals surface area contributed by atoms with E-state index >= 15 is 0 Å². The molecule has 0 radical (unpaired) electrons. The molecule has 0 saturated carbocycles. The van der Waals surface area contributed by atoms with Crippen LogP contribution in [0, 0.1) is 0 Å². The van der Waals surface area contributed by atoms with E-state index in [1.807, 2.05) is 0 Å². The number of sulfonamides is 1. The van der Waals surface area contributed by atoms with E-state index in [-0.39, 0.29) is 0 Å². The largest absolute Gasteiger partial charge is 0.316 e. The Labute approximate surface area is 83.4 Å². The molecule has 5 nitrogen and oxygen atoms in total. The Hall–Kier alpha value is -0.660. The topological polar surface area (TPSA) is 82.2 Å². The molecule has 0 atom stereocenters. The number of halogens is 1. The number of hydrogen-bond acceptors (Lipinski definition) is 3. The van der Waals surface area contributed by atoms with Crippen LogP contribution in [0.25, 0.3) is 0 Å². The molecule has 0 fully saturated rings. The van der Waals surface area contributed by atoms with Gasteiger partial charge in [0.25, 0.3) is 5.56 Å². The summed E-state index contributed by atoms with van der Waals surface area (Å²) in [6.45, 7) is 0. The van der Waals surface area contributed by atoms with Gasteiger partial charge in [0.1, 0.15) is 4.90 Å². The predicted molar refractivity (Wildman–Crippen MR) is 50.8 cm³/mol. The van der Waals surface area contributed by atoms with Gasteiger partial charge in [0.05, 0.1) is 0 Å². The third-order valence-electron chi connectivity index (χ3n) is 1.42. The first-order valence-corrected chi connectivity index (χ1v) is 5.55. The Bertz CT molecular complexity index is 491. The highest BCUT2D eigenvalue weighted by molar-refractivity contribution is 9.10. The normalized spacial score (nSPS) is 11.6. The van der Waals surface area contributed by atoms with Crippen LogP contribution in [-0.4, -0.2) is 13.0 Å². The fourth-order valence-corrected chi connectivity index (χ4v) is 2.21. The molecule has 1 aromatic rings. The van der Waals surface area contributed by atoms with E-state index in [2.05, 4.69) is 15.9 Å². The van der Waals surface area contributed by atoms with Gasteiger partial charge >= 0.3 is 0 Å². The van der Waals surface area contributed by atoms with E-state index in [0.717, 1.165) is 4.57 Å². The third kappa shape index (κ3) is 2.17. The monoisotopic (exact) mass is 266 g/mol. The van der Waals surface area contributed by atoms with Crippen molar-refractivity contribution in [2.75, 3.05) is 0 Å². The van der Waals surface area contributed by atoms with Crippen molar-refractivity contribution in [3.8, 4) is 0 Å². The van der Waals surface area contributed by atoms with Crippen molar-refractivity contribution in [3.05, 3.63) is 27.1 Å². The smallest absolute Gasteiger partial charge is 0.270 e. The number of rotatable bonds is 1. The van der Waals surface area contributed by atoms with E-state index in [0.29, 0.717) is 4.47 Å².